The maximum atomic E-state index is 11.4. The van der Waals surface area contributed by atoms with Crippen molar-refractivity contribution >= 4 is 21.9 Å². The van der Waals surface area contributed by atoms with Gasteiger partial charge in [0.05, 0.1) is 19.1 Å². The number of benzene rings is 1. The number of carbonyl (C=O) groups excluding carboxylic acids is 1. The van der Waals surface area contributed by atoms with Crippen LogP contribution in [0.15, 0.2) is 28.7 Å². The van der Waals surface area contributed by atoms with E-state index in [1.54, 1.807) is 0 Å². The first-order chi connectivity index (χ1) is 12.1. The van der Waals surface area contributed by atoms with Crippen molar-refractivity contribution in [3.8, 4) is 0 Å². The Kier molecular flexibility index (Phi) is 8.93. The summed E-state index contributed by atoms with van der Waals surface area (Å²) in [4.78, 5) is 11.4. The molecule has 3 rings (SSSR count). The van der Waals surface area contributed by atoms with Gasteiger partial charge in [0.2, 0.25) is 0 Å². The van der Waals surface area contributed by atoms with Crippen molar-refractivity contribution in [1.82, 2.24) is 0 Å². The molecule has 5 heteroatoms. The molecule has 140 valence electrons. The summed E-state index contributed by atoms with van der Waals surface area (Å²) in [6.07, 6.45) is 7.25. The van der Waals surface area contributed by atoms with Gasteiger partial charge in [-0.05, 0) is 64.0 Å². The van der Waals surface area contributed by atoms with E-state index in [-0.39, 0.29) is 24.3 Å². The maximum absolute atomic E-state index is 11.4. The Balaban J connectivity index is 0.000000236. The summed E-state index contributed by atoms with van der Waals surface area (Å²) in [6, 6.07) is 8.21. The van der Waals surface area contributed by atoms with Crippen LogP contribution in [0, 0.1) is 12.8 Å². The standard InChI is InChI=1S/C13H22O4.C7H7Br/c1-15-13(14)10-5-7-11(8-6-10)17-12-4-2-3-9-16-12;1-6-3-2-4-7(8)5-6/h10-12H,2-9H2,1H3;2-5H,1H3. The Hall–Kier alpha value is -0.910. The fourth-order valence-electron chi connectivity index (χ4n) is 3.24. The van der Waals surface area contributed by atoms with Crippen molar-refractivity contribution in [1.29, 1.82) is 0 Å². The van der Waals surface area contributed by atoms with E-state index < -0.39 is 0 Å². The van der Waals surface area contributed by atoms with Crippen LogP contribution in [-0.4, -0.2) is 32.1 Å². The van der Waals surface area contributed by atoms with E-state index in [0.717, 1.165) is 49.6 Å². The third kappa shape index (κ3) is 7.47. The van der Waals surface area contributed by atoms with E-state index in [2.05, 4.69) is 35.0 Å². The molecule has 1 aliphatic heterocycles. The van der Waals surface area contributed by atoms with Gasteiger partial charge in [-0.2, -0.15) is 0 Å². The maximum Gasteiger partial charge on any atom is 0.308 e. The smallest absolute Gasteiger partial charge is 0.308 e. The van der Waals surface area contributed by atoms with Crippen molar-refractivity contribution in [2.75, 3.05) is 13.7 Å². The SMILES string of the molecule is COC(=O)C1CCC(OC2CCCCO2)CC1.Cc1cccc(Br)c1. The average molecular weight is 413 g/mol. The summed E-state index contributed by atoms with van der Waals surface area (Å²) in [5.41, 5.74) is 1.29. The number of halogens is 1. The average Bonchev–Trinajstić information content (AvgIpc) is 2.63. The summed E-state index contributed by atoms with van der Waals surface area (Å²) in [5, 5.41) is 0. The van der Waals surface area contributed by atoms with Crippen LogP contribution in [0.4, 0.5) is 0 Å². The Bertz CT molecular complexity index is 503. The molecule has 25 heavy (non-hydrogen) atoms. The van der Waals surface area contributed by atoms with Crippen molar-refractivity contribution in [2.24, 2.45) is 5.92 Å². The Morgan fingerprint density at radius 3 is 2.44 bits per heavy atom. The van der Waals surface area contributed by atoms with Crippen LogP contribution in [-0.2, 0) is 19.0 Å². The molecule has 1 atom stereocenters. The lowest BCUT2D eigenvalue weighted by atomic mass is 9.87. The van der Waals surface area contributed by atoms with Crippen LogP contribution >= 0.6 is 15.9 Å². The van der Waals surface area contributed by atoms with Gasteiger partial charge in [-0.25, -0.2) is 0 Å². The number of carbonyl (C=O) groups is 1. The molecule has 1 aromatic carbocycles. The quantitative estimate of drug-likeness (QED) is 0.653. The Morgan fingerprint density at radius 2 is 1.92 bits per heavy atom. The van der Waals surface area contributed by atoms with Gasteiger partial charge >= 0.3 is 5.97 Å². The second-order valence-corrected chi connectivity index (χ2v) is 7.64. The molecule has 1 aliphatic carbocycles. The topological polar surface area (TPSA) is 44.8 Å². The third-order valence-corrected chi connectivity index (χ3v) is 5.16. The molecule has 0 bridgehead atoms. The van der Waals surface area contributed by atoms with Crippen molar-refractivity contribution in [3.63, 3.8) is 0 Å². The predicted octanol–water partition coefficient (Wildman–Crippen LogP) is 5.02. The van der Waals surface area contributed by atoms with Gasteiger partial charge in [-0.15, -0.1) is 0 Å². The highest BCUT2D eigenvalue weighted by Gasteiger charge is 2.29. The lowest BCUT2D eigenvalue weighted by Gasteiger charge is -2.31. The molecule has 0 amide bonds. The van der Waals surface area contributed by atoms with Gasteiger partial charge in [0.15, 0.2) is 6.29 Å². The first kappa shape index (κ1) is 20.4. The highest BCUT2D eigenvalue weighted by molar-refractivity contribution is 9.10. The second-order valence-electron chi connectivity index (χ2n) is 6.73. The monoisotopic (exact) mass is 412 g/mol. The van der Waals surface area contributed by atoms with Crippen molar-refractivity contribution in [3.05, 3.63) is 34.3 Å². The summed E-state index contributed by atoms with van der Waals surface area (Å²) >= 11 is 3.36. The molecule has 2 aliphatic rings. The largest absolute Gasteiger partial charge is 0.469 e. The molecular weight excluding hydrogens is 384 g/mol. The van der Waals surface area contributed by atoms with Crippen LogP contribution in [0.3, 0.4) is 0 Å². The molecule has 1 heterocycles. The zero-order valence-corrected chi connectivity index (χ0v) is 16.8. The number of hydrogen-bond donors (Lipinski definition) is 0. The number of aryl methyl sites for hydroxylation is 1. The minimum Gasteiger partial charge on any atom is -0.469 e. The van der Waals surface area contributed by atoms with Crippen molar-refractivity contribution < 1.29 is 19.0 Å². The molecule has 2 fully saturated rings. The van der Waals surface area contributed by atoms with E-state index in [1.165, 1.54) is 19.1 Å². The van der Waals surface area contributed by atoms with E-state index >= 15 is 0 Å². The summed E-state index contributed by atoms with van der Waals surface area (Å²) < 4.78 is 17.4. The van der Waals surface area contributed by atoms with Crippen LogP contribution in [0.2, 0.25) is 0 Å². The van der Waals surface area contributed by atoms with Gasteiger partial charge in [0.25, 0.3) is 0 Å². The number of methoxy groups -OCH3 is 1. The Labute approximate surface area is 159 Å². The lowest BCUT2D eigenvalue weighted by molar-refractivity contribution is -0.195. The van der Waals surface area contributed by atoms with E-state index in [0.29, 0.717) is 0 Å². The van der Waals surface area contributed by atoms with Crippen LogP contribution < -0.4 is 0 Å². The zero-order valence-electron chi connectivity index (χ0n) is 15.2. The van der Waals surface area contributed by atoms with Crippen LogP contribution in [0.1, 0.15) is 50.5 Å². The molecular formula is C20H29BrO4. The summed E-state index contributed by atoms with van der Waals surface area (Å²) in [6.45, 7) is 2.90. The molecule has 0 spiro atoms. The van der Waals surface area contributed by atoms with Gasteiger partial charge in [-0.3, -0.25) is 4.79 Å². The molecule has 1 saturated heterocycles. The zero-order chi connectivity index (χ0) is 18.1. The number of ether oxygens (including phenoxy) is 3. The van der Waals surface area contributed by atoms with E-state index in [1.807, 2.05) is 12.1 Å². The normalized spacial score (nSPS) is 26.3. The molecule has 0 radical (unpaired) electrons. The molecule has 1 aromatic rings. The highest BCUT2D eigenvalue weighted by Crippen LogP contribution is 2.29. The molecule has 1 saturated carbocycles. The minimum absolute atomic E-state index is 0.0107. The second kappa shape index (κ2) is 10.9. The minimum atomic E-state index is -0.0719. The number of rotatable bonds is 3. The molecule has 1 unspecified atom stereocenters. The van der Waals surface area contributed by atoms with Gasteiger partial charge in [-0.1, -0.05) is 33.6 Å². The van der Waals surface area contributed by atoms with Crippen LogP contribution in [0.5, 0.6) is 0 Å². The van der Waals surface area contributed by atoms with E-state index in [9.17, 15) is 4.79 Å². The molecule has 0 aromatic heterocycles. The highest BCUT2D eigenvalue weighted by atomic mass is 79.9. The first-order valence-electron chi connectivity index (χ1n) is 9.15. The Morgan fingerprint density at radius 1 is 1.16 bits per heavy atom. The number of esters is 1. The van der Waals surface area contributed by atoms with E-state index in [4.69, 9.17) is 14.2 Å². The number of hydrogen-bond acceptors (Lipinski definition) is 4. The fraction of sp³-hybridized carbons (Fsp3) is 0.650. The van der Waals surface area contributed by atoms with Crippen molar-refractivity contribution in [2.45, 2.75) is 64.3 Å². The molecule has 4 nitrogen and oxygen atoms in total. The van der Waals surface area contributed by atoms with Gasteiger partial charge < -0.3 is 14.2 Å². The summed E-state index contributed by atoms with van der Waals surface area (Å²) in [5.74, 6) is 0.00416. The fourth-order valence-corrected chi connectivity index (χ4v) is 3.75. The van der Waals surface area contributed by atoms with Crippen LogP contribution in [0.25, 0.3) is 0 Å². The molecule has 0 N–H and O–H groups in total. The van der Waals surface area contributed by atoms with Gasteiger partial charge in [0, 0.05) is 11.1 Å². The lowest BCUT2D eigenvalue weighted by Crippen LogP contribution is -2.32. The van der Waals surface area contributed by atoms with Gasteiger partial charge in [0.1, 0.15) is 0 Å². The summed E-state index contributed by atoms with van der Waals surface area (Å²) in [7, 11) is 1.46. The third-order valence-electron chi connectivity index (χ3n) is 4.67. The first-order valence-corrected chi connectivity index (χ1v) is 9.95. The predicted molar refractivity (Wildman–Crippen MR) is 101 cm³/mol.